The van der Waals surface area contributed by atoms with E-state index in [0.717, 1.165) is 22.4 Å². The molecule has 2 aromatic heterocycles. The van der Waals surface area contributed by atoms with E-state index in [4.69, 9.17) is 11.6 Å². The van der Waals surface area contributed by atoms with E-state index in [1.54, 1.807) is 17.0 Å². The fourth-order valence-electron chi connectivity index (χ4n) is 4.02. The van der Waals surface area contributed by atoms with Gasteiger partial charge in [-0.1, -0.05) is 83.6 Å². The zero-order valence-electron chi connectivity index (χ0n) is 17.1. The van der Waals surface area contributed by atoms with Crippen LogP contribution >= 0.6 is 22.9 Å². The molecule has 0 radical (unpaired) electrons. The number of fused-ring (bicyclic) bond motifs is 2. The summed E-state index contributed by atoms with van der Waals surface area (Å²) in [7, 11) is 0. The number of amides is 1. The van der Waals surface area contributed by atoms with Crippen LogP contribution in [0.4, 0.5) is 5.69 Å². The number of thiazole rings is 1. The molecule has 0 spiro atoms. The lowest BCUT2D eigenvalue weighted by Gasteiger charge is -2.17. The van der Waals surface area contributed by atoms with Crippen molar-refractivity contribution in [3.8, 4) is 11.4 Å². The number of hydrogen-bond acceptors (Lipinski definition) is 5. The molecular formula is C25H15ClN4O2S. The van der Waals surface area contributed by atoms with Crippen LogP contribution in [0, 0.1) is 0 Å². The van der Waals surface area contributed by atoms with Gasteiger partial charge in [0.25, 0.3) is 11.5 Å². The lowest BCUT2D eigenvalue weighted by Crippen LogP contribution is -2.32. The molecule has 160 valence electrons. The fraction of sp³-hybridized carbons (Fsp3) is 0.0400. The highest BCUT2D eigenvalue weighted by molar-refractivity contribution is 7.15. The second kappa shape index (κ2) is 7.65. The third-order valence-corrected chi connectivity index (χ3v) is 6.88. The topological polar surface area (TPSA) is 67.6 Å². The van der Waals surface area contributed by atoms with Crippen molar-refractivity contribution in [2.45, 2.75) is 6.54 Å². The van der Waals surface area contributed by atoms with Crippen molar-refractivity contribution in [3.63, 3.8) is 0 Å². The first-order chi connectivity index (χ1) is 16.1. The number of nitrogens with zero attached hydrogens (tertiary/aromatic N) is 4. The van der Waals surface area contributed by atoms with Crippen LogP contribution in [-0.2, 0) is 11.3 Å². The number of hydrogen-bond donors (Lipinski definition) is 0. The Morgan fingerprint density at radius 3 is 2.36 bits per heavy atom. The molecule has 33 heavy (non-hydrogen) atoms. The van der Waals surface area contributed by atoms with E-state index in [1.807, 2.05) is 66.7 Å². The Kier molecular flexibility index (Phi) is 4.60. The molecule has 0 aliphatic carbocycles. The van der Waals surface area contributed by atoms with Gasteiger partial charge in [0.15, 0.2) is 5.82 Å². The van der Waals surface area contributed by atoms with E-state index in [0.29, 0.717) is 32.5 Å². The number of para-hydroxylation sites is 1. The van der Waals surface area contributed by atoms with Crippen molar-refractivity contribution in [1.29, 1.82) is 0 Å². The molecular weight excluding hydrogens is 456 g/mol. The molecule has 6 nitrogen and oxygen atoms in total. The number of anilines is 1. The summed E-state index contributed by atoms with van der Waals surface area (Å²) in [5.41, 5.74) is 3.34. The summed E-state index contributed by atoms with van der Waals surface area (Å²) >= 11 is 7.19. The Hall–Kier alpha value is -3.81. The van der Waals surface area contributed by atoms with Crippen LogP contribution in [0.3, 0.4) is 0 Å². The van der Waals surface area contributed by atoms with Crippen molar-refractivity contribution in [1.82, 2.24) is 14.6 Å². The number of rotatable bonds is 3. The molecule has 1 aliphatic heterocycles. The van der Waals surface area contributed by atoms with E-state index in [9.17, 15) is 9.59 Å². The predicted molar refractivity (Wildman–Crippen MR) is 129 cm³/mol. The van der Waals surface area contributed by atoms with E-state index < -0.39 is 0 Å². The third-order valence-electron chi connectivity index (χ3n) is 5.59. The molecule has 6 rings (SSSR count). The van der Waals surface area contributed by atoms with E-state index in [1.165, 1.54) is 15.9 Å². The normalized spacial score (nSPS) is 14.8. The maximum absolute atomic E-state index is 13.6. The van der Waals surface area contributed by atoms with Gasteiger partial charge in [0.05, 0.1) is 17.8 Å². The average Bonchev–Trinajstić information content (AvgIpc) is 3.47. The first kappa shape index (κ1) is 19.8. The number of aromatic nitrogens is 3. The molecule has 0 saturated heterocycles. The Bertz CT molecular complexity index is 1640. The Balaban J connectivity index is 1.49. The van der Waals surface area contributed by atoms with Gasteiger partial charge in [-0.2, -0.15) is 9.50 Å². The second-order valence-corrected chi connectivity index (χ2v) is 9.06. The molecule has 0 atom stereocenters. The zero-order chi connectivity index (χ0) is 22.5. The summed E-state index contributed by atoms with van der Waals surface area (Å²) in [5, 5.41) is 5.04. The molecule has 5 aromatic rings. The van der Waals surface area contributed by atoms with Crippen LogP contribution in [-0.4, -0.2) is 20.5 Å². The van der Waals surface area contributed by atoms with Gasteiger partial charge in [0.1, 0.15) is 4.53 Å². The van der Waals surface area contributed by atoms with Crippen molar-refractivity contribution in [2.75, 3.05) is 4.90 Å². The molecule has 0 saturated carbocycles. The molecule has 1 amide bonds. The summed E-state index contributed by atoms with van der Waals surface area (Å²) in [5.74, 6) is 0.272. The van der Waals surface area contributed by atoms with Gasteiger partial charge in [-0.05, 0) is 23.8 Å². The van der Waals surface area contributed by atoms with Crippen molar-refractivity contribution < 1.29 is 4.79 Å². The Morgan fingerprint density at radius 2 is 1.61 bits per heavy atom. The Morgan fingerprint density at radius 1 is 0.879 bits per heavy atom. The van der Waals surface area contributed by atoms with Gasteiger partial charge < -0.3 is 4.90 Å². The van der Waals surface area contributed by atoms with Crippen molar-refractivity contribution in [2.24, 2.45) is 0 Å². The van der Waals surface area contributed by atoms with E-state index in [2.05, 4.69) is 10.1 Å². The van der Waals surface area contributed by atoms with Crippen LogP contribution < -0.4 is 15.0 Å². The van der Waals surface area contributed by atoms with Crippen LogP contribution in [0.25, 0.3) is 21.9 Å². The minimum absolute atomic E-state index is 0.212. The quantitative estimate of drug-likeness (QED) is 0.400. The molecule has 0 fully saturated rings. The highest BCUT2D eigenvalue weighted by atomic mass is 35.5. The molecule has 3 heterocycles. The molecule has 0 unspecified atom stereocenters. The van der Waals surface area contributed by atoms with Gasteiger partial charge in [-0.3, -0.25) is 9.59 Å². The maximum Gasteiger partial charge on any atom is 0.291 e. The van der Waals surface area contributed by atoms with E-state index in [-0.39, 0.29) is 11.5 Å². The van der Waals surface area contributed by atoms with Crippen molar-refractivity contribution in [3.05, 3.63) is 110 Å². The lowest BCUT2D eigenvalue weighted by atomic mass is 10.1. The molecule has 0 bridgehead atoms. The van der Waals surface area contributed by atoms with Crippen LogP contribution in [0.1, 0.15) is 11.1 Å². The molecule has 0 N–H and O–H groups in total. The summed E-state index contributed by atoms with van der Waals surface area (Å²) in [4.78, 5) is 33.5. The lowest BCUT2D eigenvalue weighted by molar-refractivity contribution is -0.113. The van der Waals surface area contributed by atoms with Gasteiger partial charge in [0, 0.05) is 16.1 Å². The highest BCUT2D eigenvalue weighted by Crippen LogP contribution is 2.36. The maximum atomic E-state index is 13.6. The predicted octanol–water partition coefficient (Wildman–Crippen LogP) is 3.94. The number of halogens is 1. The summed E-state index contributed by atoms with van der Waals surface area (Å²) < 4.78 is 1.63. The minimum atomic E-state index is -0.337. The molecule has 3 aromatic carbocycles. The number of benzene rings is 3. The third kappa shape index (κ3) is 3.25. The molecule has 1 aliphatic rings. The van der Waals surface area contributed by atoms with Gasteiger partial charge in [0.2, 0.25) is 4.96 Å². The smallest absolute Gasteiger partial charge is 0.291 e. The summed E-state index contributed by atoms with van der Waals surface area (Å²) in [6.07, 6.45) is 0. The van der Waals surface area contributed by atoms with Crippen LogP contribution in [0.15, 0.2) is 83.7 Å². The first-order valence-electron chi connectivity index (χ1n) is 10.2. The standard InChI is InChI=1S/C25H15ClN4O2S/c26-17-12-10-15(11-13-17)14-29-19-9-5-4-8-18(19)20(23(29)31)21-24(32)30-25(33-21)27-22(28-30)16-6-2-1-3-7-16/h1-13H,14H2. The largest absolute Gasteiger partial charge is 0.303 e. The highest BCUT2D eigenvalue weighted by Gasteiger charge is 2.34. The van der Waals surface area contributed by atoms with E-state index >= 15 is 0 Å². The number of carbonyl (C=O) groups is 1. The molecule has 8 heteroatoms. The second-order valence-electron chi connectivity index (χ2n) is 7.64. The zero-order valence-corrected chi connectivity index (χ0v) is 18.7. The summed E-state index contributed by atoms with van der Waals surface area (Å²) in [6, 6.07) is 24.4. The fourth-order valence-corrected chi connectivity index (χ4v) is 5.15. The Labute approximate surface area is 197 Å². The number of carbonyl (C=O) groups excluding carboxylic acids is 1. The summed E-state index contributed by atoms with van der Waals surface area (Å²) in [6.45, 7) is 0.379. The van der Waals surface area contributed by atoms with Gasteiger partial charge >= 0.3 is 0 Å². The van der Waals surface area contributed by atoms with Gasteiger partial charge in [-0.15, -0.1) is 5.10 Å². The SMILES string of the molecule is O=C1C(=c2sc3nc(-c4ccccc4)nn3c2=O)c2ccccc2N1Cc1ccc(Cl)cc1. The van der Waals surface area contributed by atoms with Crippen molar-refractivity contribution >= 4 is 45.1 Å². The monoisotopic (exact) mass is 470 g/mol. The van der Waals surface area contributed by atoms with Crippen LogP contribution in [0.2, 0.25) is 5.02 Å². The van der Waals surface area contributed by atoms with Crippen LogP contribution in [0.5, 0.6) is 0 Å². The van der Waals surface area contributed by atoms with Gasteiger partial charge in [-0.25, -0.2) is 0 Å². The average molecular weight is 471 g/mol. The minimum Gasteiger partial charge on any atom is -0.303 e. The first-order valence-corrected chi connectivity index (χ1v) is 11.4.